The van der Waals surface area contributed by atoms with Crippen LogP contribution in [0.2, 0.25) is 0 Å². The number of rotatable bonds is 3. The van der Waals surface area contributed by atoms with Crippen molar-refractivity contribution in [3.05, 3.63) is 78.1 Å². The maximum absolute atomic E-state index is 13.3. The predicted molar refractivity (Wildman–Crippen MR) is 110 cm³/mol. The van der Waals surface area contributed by atoms with Gasteiger partial charge in [0.05, 0.1) is 24.1 Å². The number of nitrogen functional groups attached to an aromatic ring is 1. The molecule has 1 saturated heterocycles. The lowest BCUT2D eigenvalue weighted by Gasteiger charge is -2.40. The first-order valence-electron chi connectivity index (χ1n) is 9.34. The second-order valence-corrected chi connectivity index (χ2v) is 7.09. The molecule has 6 heteroatoms. The van der Waals surface area contributed by atoms with Crippen molar-refractivity contribution in [2.24, 2.45) is 0 Å². The van der Waals surface area contributed by atoms with Crippen LogP contribution >= 0.6 is 0 Å². The molecule has 6 nitrogen and oxygen atoms in total. The number of aromatic nitrogens is 2. The third-order valence-electron chi connectivity index (χ3n) is 5.11. The maximum atomic E-state index is 13.3. The Morgan fingerprint density at radius 3 is 2.50 bits per heavy atom. The molecule has 4 rings (SSSR count). The highest BCUT2D eigenvalue weighted by Gasteiger charge is 2.30. The fourth-order valence-corrected chi connectivity index (χ4v) is 3.59. The molecule has 1 unspecified atom stereocenters. The van der Waals surface area contributed by atoms with E-state index in [-0.39, 0.29) is 11.9 Å². The number of hydrogen-bond acceptors (Lipinski definition) is 5. The van der Waals surface area contributed by atoms with Crippen LogP contribution in [0.5, 0.6) is 0 Å². The molecule has 0 saturated carbocycles. The van der Waals surface area contributed by atoms with E-state index in [0.717, 1.165) is 24.2 Å². The van der Waals surface area contributed by atoms with Gasteiger partial charge in [0.2, 0.25) is 0 Å². The van der Waals surface area contributed by atoms with E-state index in [2.05, 4.69) is 34.0 Å². The molecule has 1 atom stereocenters. The lowest BCUT2D eigenvalue weighted by molar-refractivity contribution is 0.0498. The van der Waals surface area contributed by atoms with Crippen molar-refractivity contribution in [3.63, 3.8) is 0 Å². The standard InChI is InChI=1S/C22H23N5O/c1-26-11-12-27(20(15-26)17-5-3-2-4-6-17)22(28)18-9-7-16(8-10-18)19-13-24-14-21(23)25-19/h2-10,13-14,20H,11-12,15H2,1H3,(H2,23,25). The lowest BCUT2D eigenvalue weighted by atomic mass is 10.0. The molecular weight excluding hydrogens is 350 g/mol. The van der Waals surface area contributed by atoms with Crippen LogP contribution in [0, 0.1) is 0 Å². The summed E-state index contributed by atoms with van der Waals surface area (Å²) in [5, 5.41) is 0. The van der Waals surface area contributed by atoms with E-state index in [0.29, 0.717) is 23.6 Å². The zero-order valence-corrected chi connectivity index (χ0v) is 15.8. The molecule has 1 aliphatic heterocycles. The Morgan fingerprint density at radius 1 is 1.04 bits per heavy atom. The molecular formula is C22H23N5O. The molecule has 0 spiro atoms. The summed E-state index contributed by atoms with van der Waals surface area (Å²) in [6, 6.07) is 17.8. The maximum Gasteiger partial charge on any atom is 0.254 e. The van der Waals surface area contributed by atoms with Gasteiger partial charge >= 0.3 is 0 Å². The zero-order chi connectivity index (χ0) is 19.5. The monoisotopic (exact) mass is 373 g/mol. The average molecular weight is 373 g/mol. The zero-order valence-electron chi connectivity index (χ0n) is 15.8. The van der Waals surface area contributed by atoms with Gasteiger partial charge in [-0.15, -0.1) is 0 Å². The summed E-state index contributed by atoms with van der Waals surface area (Å²) in [5.41, 5.74) is 9.13. The molecule has 3 aromatic rings. The molecule has 2 N–H and O–H groups in total. The number of amides is 1. The second kappa shape index (κ2) is 7.78. The summed E-state index contributed by atoms with van der Waals surface area (Å²) in [4.78, 5) is 25.9. The fourth-order valence-electron chi connectivity index (χ4n) is 3.59. The third-order valence-corrected chi connectivity index (χ3v) is 5.11. The summed E-state index contributed by atoms with van der Waals surface area (Å²) in [6.07, 6.45) is 3.18. The Morgan fingerprint density at radius 2 is 1.79 bits per heavy atom. The van der Waals surface area contributed by atoms with Gasteiger partial charge in [0, 0.05) is 30.8 Å². The Balaban J connectivity index is 1.59. The fraction of sp³-hybridized carbons (Fsp3) is 0.227. The molecule has 0 bridgehead atoms. The molecule has 2 heterocycles. The number of likely N-dealkylation sites (N-methyl/N-ethyl adjacent to an activating group) is 1. The number of nitrogens with two attached hydrogens (primary N) is 1. The number of benzene rings is 2. The number of hydrogen-bond donors (Lipinski definition) is 1. The molecule has 0 radical (unpaired) electrons. The summed E-state index contributed by atoms with van der Waals surface area (Å²) < 4.78 is 0. The number of nitrogens with zero attached hydrogens (tertiary/aromatic N) is 4. The number of carbonyl (C=O) groups is 1. The lowest BCUT2D eigenvalue weighted by Crippen LogP contribution is -2.49. The summed E-state index contributed by atoms with van der Waals surface area (Å²) in [5.74, 6) is 0.424. The highest BCUT2D eigenvalue weighted by Crippen LogP contribution is 2.27. The van der Waals surface area contributed by atoms with Gasteiger partial charge in [-0.2, -0.15) is 0 Å². The van der Waals surface area contributed by atoms with Gasteiger partial charge < -0.3 is 15.5 Å². The molecule has 1 amide bonds. The van der Waals surface area contributed by atoms with Crippen molar-refractivity contribution >= 4 is 11.7 Å². The summed E-state index contributed by atoms with van der Waals surface area (Å²) in [6.45, 7) is 2.40. The topological polar surface area (TPSA) is 75.3 Å². The molecule has 2 aromatic carbocycles. The Bertz CT molecular complexity index is 958. The number of piperazine rings is 1. The van der Waals surface area contributed by atoms with Crippen LogP contribution in [0.1, 0.15) is 22.0 Å². The minimum Gasteiger partial charge on any atom is -0.382 e. The normalized spacial score (nSPS) is 17.5. The minimum atomic E-state index is 0.0481. The average Bonchev–Trinajstić information content (AvgIpc) is 2.74. The Hall–Kier alpha value is -3.25. The molecule has 1 aliphatic rings. The van der Waals surface area contributed by atoms with E-state index in [1.54, 1.807) is 6.20 Å². The highest BCUT2D eigenvalue weighted by molar-refractivity contribution is 5.95. The van der Waals surface area contributed by atoms with Crippen molar-refractivity contribution in [1.82, 2.24) is 19.8 Å². The van der Waals surface area contributed by atoms with E-state index in [4.69, 9.17) is 5.73 Å². The van der Waals surface area contributed by atoms with E-state index in [1.165, 1.54) is 6.20 Å². The van der Waals surface area contributed by atoms with Crippen LogP contribution in [0.15, 0.2) is 67.0 Å². The first kappa shape index (κ1) is 18.1. The third kappa shape index (κ3) is 3.73. The van der Waals surface area contributed by atoms with Crippen molar-refractivity contribution in [2.45, 2.75) is 6.04 Å². The first-order valence-corrected chi connectivity index (χ1v) is 9.34. The van der Waals surface area contributed by atoms with Crippen LogP contribution in [0.25, 0.3) is 11.3 Å². The van der Waals surface area contributed by atoms with Gasteiger partial charge in [0.1, 0.15) is 5.82 Å². The van der Waals surface area contributed by atoms with Crippen molar-refractivity contribution in [1.29, 1.82) is 0 Å². The first-order chi connectivity index (χ1) is 13.6. The van der Waals surface area contributed by atoms with Gasteiger partial charge in [0.15, 0.2) is 0 Å². The van der Waals surface area contributed by atoms with Gasteiger partial charge in [-0.3, -0.25) is 9.78 Å². The van der Waals surface area contributed by atoms with Crippen LogP contribution < -0.4 is 5.73 Å². The van der Waals surface area contributed by atoms with Gasteiger partial charge in [-0.05, 0) is 24.7 Å². The smallest absolute Gasteiger partial charge is 0.254 e. The van der Waals surface area contributed by atoms with Crippen molar-refractivity contribution in [2.75, 3.05) is 32.4 Å². The number of anilines is 1. The van der Waals surface area contributed by atoms with Gasteiger partial charge in [-0.25, -0.2) is 4.98 Å². The minimum absolute atomic E-state index is 0.0481. The van der Waals surface area contributed by atoms with E-state index >= 15 is 0 Å². The van der Waals surface area contributed by atoms with E-state index in [9.17, 15) is 4.79 Å². The van der Waals surface area contributed by atoms with Crippen LogP contribution in [-0.4, -0.2) is 52.4 Å². The predicted octanol–water partition coefficient (Wildman–Crippen LogP) is 2.85. The van der Waals surface area contributed by atoms with E-state index < -0.39 is 0 Å². The Labute approximate surface area is 164 Å². The van der Waals surface area contributed by atoms with Gasteiger partial charge in [-0.1, -0.05) is 42.5 Å². The van der Waals surface area contributed by atoms with E-state index in [1.807, 2.05) is 47.4 Å². The molecule has 1 fully saturated rings. The Kier molecular flexibility index (Phi) is 5.04. The van der Waals surface area contributed by atoms with Gasteiger partial charge in [0.25, 0.3) is 5.91 Å². The van der Waals surface area contributed by atoms with Crippen LogP contribution in [0.4, 0.5) is 5.82 Å². The molecule has 142 valence electrons. The van der Waals surface area contributed by atoms with Crippen LogP contribution in [-0.2, 0) is 0 Å². The molecule has 1 aromatic heterocycles. The highest BCUT2D eigenvalue weighted by atomic mass is 16.2. The van der Waals surface area contributed by atoms with Crippen molar-refractivity contribution in [3.8, 4) is 11.3 Å². The second-order valence-electron chi connectivity index (χ2n) is 7.09. The molecule has 0 aliphatic carbocycles. The number of carbonyl (C=O) groups excluding carboxylic acids is 1. The SMILES string of the molecule is CN1CCN(C(=O)c2ccc(-c3cncc(N)n3)cc2)C(c2ccccc2)C1. The van der Waals surface area contributed by atoms with Crippen LogP contribution in [0.3, 0.4) is 0 Å². The quantitative estimate of drug-likeness (QED) is 0.764. The molecule has 28 heavy (non-hydrogen) atoms. The summed E-state index contributed by atoms with van der Waals surface area (Å²) >= 11 is 0. The summed E-state index contributed by atoms with van der Waals surface area (Å²) in [7, 11) is 2.10. The largest absolute Gasteiger partial charge is 0.382 e. The van der Waals surface area contributed by atoms with Crippen molar-refractivity contribution < 1.29 is 4.79 Å².